The first-order valence-electron chi connectivity index (χ1n) is 10.6. The fourth-order valence-electron chi connectivity index (χ4n) is 3.79. The molecule has 0 aromatic heterocycles. The Morgan fingerprint density at radius 1 is 0.912 bits per heavy atom. The summed E-state index contributed by atoms with van der Waals surface area (Å²) in [4.78, 5) is 24.7. The first-order valence-corrected chi connectivity index (χ1v) is 12.5. The molecule has 0 fully saturated rings. The predicted molar refractivity (Wildman–Crippen MR) is 134 cm³/mol. The smallest absolute Gasteiger partial charge is 0.338 e. The lowest BCUT2D eigenvalue weighted by Crippen LogP contribution is -2.30. The van der Waals surface area contributed by atoms with Crippen LogP contribution in [0.3, 0.4) is 0 Å². The summed E-state index contributed by atoms with van der Waals surface area (Å²) in [5, 5.41) is 2.82. The van der Waals surface area contributed by atoms with E-state index < -0.39 is 16.0 Å². The number of methoxy groups -OCH3 is 1. The van der Waals surface area contributed by atoms with Crippen molar-refractivity contribution in [2.24, 2.45) is 0 Å². The van der Waals surface area contributed by atoms with Crippen molar-refractivity contribution in [2.45, 2.75) is 27.3 Å². The first kappa shape index (κ1) is 25.0. The van der Waals surface area contributed by atoms with Crippen LogP contribution in [0.2, 0.25) is 0 Å². The van der Waals surface area contributed by atoms with Crippen LogP contribution in [0.25, 0.3) is 0 Å². The van der Waals surface area contributed by atoms with Crippen LogP contribution in [0.4, 0.5) is 11.4 Å². The molecule has 8 heteroatoms. The number of hydrogen-bond donors (Lipinski definition) is 1. The number of esters is 1. The third-order valence-electron chi connectivity index (χ3n) is 5.62. The molecule has 0 bridgehead atoms. The SMILES string of the molecule is COC(=O)c1cccc(NC(=O)c2ccc(CN(c3c(C)cccc3C)S(C)(=O)=O)cc2)c1C. The Hall–Kier alpha value is -3.65. The Bertz CT molecular complexity index is 1310. The Kier molecular flexibility index (Phi) is 7.41. The summed E-state index contributed by atoms with van der Waals surface area (Å²) in [7, 11) is -2.22. The molecule has 7 nitrogen and oxygen atoms in total. The fraction of sp³-hybridized carbons (Fsp3) is 0.231. The van der Waals surface area contributed by atoms with E-state index in [9.17, 15) is 18.0 Å². The number of amides is 1. The van der Waals surface area contributed by atoms with Crippen LogP contribution >= 0.6 is 0 Å². The van der Waals surface area contributed by atoms with E-state index in [2.05, 4.69) is 5.32 Å². The van der Waals surface area contributed by atoms with E-state index in [1.165, 1.54) is 17.7 Å². The highest BCUT2D eigenvalue weighted by atomic mass is 32.2. The minimum atomic E-state index is -3.53. The highest BCUT2D eigenvalue weighted by Crippen LogP contribution is 2.28. The van der Waals surface area contributed by atoms with E-state index in [1.54, 1.807) is 49.4 Å². The summed E-state index contributed by atoms with van der Waals surface area (Å²) < 4.78 is 31.3. The van der Waals surface area contributed by atoms with Gasteiger partial charge in [0, 0.05) is 11.3 Å². The number of nitrogens with one attached hydrogen (secondary N) is 1. The number of carbonyl (C=O) groups excluding carboxylic acids is 2. The van der Waals surface area contributed by atoms with Crippen molar-refractivity contribution in [3.8, 4) is 0 Å². The number of para-hydroxylation sites is 1. The van der Waals surface area contributed by atoms with Gasteiger partial charge >= 0.3 is 5.97 Å². The molecule has 1 N–H and O–H groups in total. The normalized spacial score (nSPS) is 11.1. The van der Waals surface area contributed by atoms with Gasteiger partial charge in [-0.3, -0.25) is 9.10 Å². The molecule has 3 aromatic carbocycles. The van der Waals surface area contributed by atoms with Crippen LogP contribution in [-0.2, 0) is 21.3 Å². The van der Waals surface area contributed by atoms with E-state index in [-0.39, 0.29) is 12.5 Å². The Morgan fingerprint density at radius 2 is 1.50 bits per heavy atom. The maximum atomic E-state index is 12.8. The van der Waals surface area contributed by atoms with E-state index >= 15 is 0 Å². The van der Waals surface area contributed by atoms with Gasteiger partial charge < -0.3 is 10.1 Å². The van der Waals surface area contributed by atoms with Crippen LogP contribution in [-0.4, -0.2) is 33.7 Å². The van der Waals surface area contributed by atoms with Crippen molar-refractivity contribution in [3.05, 3.63) is 94.0 Å². The van der Waals surface area contributed by atoms with Gasteiger partial charge in [0.2, 0.25) is 10.0 Å². The maximum Gasteiger partial charge on any atom is 0.338 e. The number of anilines is 2. The molecule has 0 aliphatic carbocycles. The number of nitrogens with zero attached hydrogens (tertiary/aromatic N) is 1. The fourth-order valence-corrected chi connectivity index (χ4v) is 4.79. The van der Waals surface area contributed by atoms with Crippen LogP contribution in [0.5, 0.6) is 0 Å². The summed E-state index contributed by atoms with van der Waals surface area (Å²) in [5.41, 5.74) is 5.04. The number of ether oxygens (including phenoxy) is 1. The van der Waals surface area contributed by atoms with E-state index in [0.717, 1.165) is 16.7 Å². The zero-order valence-corrected chi connectivity index (χ0v) is 20.7. The van der Waals surface area contributed by atoms with Gasteiger partial charge in [-0.1, -0.05) is 36.4 Å². The quantitative estimate of drug-likeness (QED) is 0.498. The van der Waals surface area contributed by atoms with E-state index in [0.29, 0.717) is 28.1 Å². The molecule has 0 unspecified atom stereocenters. The molecule has 0 heterocycles. The number of sulfonamides is 1. The van der Waals surface area contributed by atoms with Crippen molar-refractivity contribution in [1.82, 2.24) is 0 Å². The lowest BCUT2D eigenvalue weighted by Gasteiger charge is -2.26. The van der Waals surface area contributed by atoms with Gasteiger partial charge in [0.25, 0.3) is 5.91 Å². The number of benzene rings is 3. The molecule has 0 radical (unpaired) electrons. The van der Waals surface area contributed by atoms with Crippen molar-refractivity contribution >= 4 is 33.3 Å². The lowest BCUT2D eigenvalue weighted by atomic mass is 10.1. The zero-order chi connectivity index (χ0) is 25.0. The van der Waals surface area contributed by atoms with Crippen LogP contribution in [0.1, 0.15) is 43.0 Å². The van der Waals surface area contributed by atoms with Crippen molar-refractivity contribution < 1.29 is 22.7 Å². The standard InChI is InChI=1S/C26H28N2O5S/c1-17-8-6-9-18(2)24(17)28(34(5,31)32)16-20-12-14-21(15-13-20)25(29)27-23-11-7-10-22(19(23)3)26(30)33-4/h6-15H,16H2,1-5H3,(H,27,29). The first-order chi connectivity index (χ1) is 16.0. The summed E-state index contributed by atoms with van der Waals surface area (Å²) >= 11 is 0. The van der Waals surface area contributed by atoms with Gasteiger partial charge in [0.05, 0.1) is 31.2 Å². The molecule has 3 rings (SSSR count). The molecule has 0 atom stereocenters. The predicted octanol–water partition coefficient (Wildman–Crippen LogP) is 4.62. The van der Waals surface area contributed by atoms with Gasteiger partial charge in [-0.15, -0.1) is 0 Å². The molecule has 34 heavy (non-hydrogen) atoms. The van der Waals surface area contributed by atoms with Crippen molar-refractivity contribution in [3.63, 3.8) is 0 Å². The molecule has 178 valence electrons. The average molecular weight is 481 g/mol. The summed E-state index contributed by atoms with van der Waals surface area (Å²) in [5.74, 6) is -0.816. The summed E-state index contributed by atoms with van der Waals surface area (Å²) in [6, 6.07) is 17.4. The van der Waals surface area contributed by atoms with Gasteiger partial charge in [-0.25, -0.2) is 13.2 Å². The zero-order valence-electron chi connectivity index (χ0n) is 19.9. The summed E-state index contributed by atoms with van der Waals surface area (Å²) in [6.45, 7) is 5.64. The molecule has 0 aliphatic rings. The second-order valence-corrected chi connectivity index (χ2v) is 10.0. The van der Waals surface area contributed by atoms with Gasteiger partial charge in [-0.2, -0.15) is 0 Å². The highest BCUT2D eigenvalue weighted by molar-refractivity contribution is 7.92. The monoisotopic (exact) mass is 480 g/mol. The van der Waals surface area contributed by atoms with Crippen LogP contribution in [0, 0.1) is 20.8 Å². The number of carbonyl (C=O) groups is 2. The molecular formula is C26H28N2O5S. The third-order valence-corrected chi connectivity index (χ3v) is 6.73. The molecule has 0 spiro atoms. The van der Waals surface area contributed by atoms with Crippen LogP contribution < -0.4 is 9.62 Å². The molecule has 0 saturated carbocycles. The Balaban J connectivity index is 1.82. The number of hydrogen-bond acceptors (Lipinski definition) is 5. The minimum absolute atomic E-state index is 0.146. The van der Waals surface area contributed by atoms with Crippen molar-refractivity contribution in [1.29, 1.82) is 0 Å². The summed E-state index contributed by atoms with van der Waals surface area (Å²) in [6.07, 6.45) is 1.19. The number of aryl methyl sites for hydroxylation is 2. The second kappa shape index (κ2) is 10.1. The van der Waals surface area contributed by atoms with Crippen molar-refractivity contribution in [2.75, 3.05) is 23.0 Å². The average Bonchev–Trinajstić information content (AvgIpc) is 2.79. The largest absolute Gasteiger partial charge is 0.465 e. The van der Waals surface area contributed by atoms with Gasteiger partial charge in [0.15, 0.2) is 0 Å². The van der Waals surface area contributed by atoms with Gasteiger partial charge in [0.1, 0.15) is 0 Å². The maximum absolute atomic E-state index is 12.8. The third kappa shape index (κ3) is 5.46. The Morgan fingerprint density at radius 3 is 2.06 bits per heavy atom. The number of rotatable bonds is 7. The van der Waals surface area contributed by atoms with Gasteiger partial charge in [-0.05, 0) is 67.3 Å². The minimum Gasteiger partial charge on any atom is -0.465 e. The van der Waals surface area contributed by atoms with Crippen LogP contribution in [0.15, 0.2) is 60.7 Å². The van der Waals surface area contributed by atoms with E-state index in [4.69, 9.17) is 4.74 Å². The molecule has 0 aliphatic heterocycles. The molecular weight excluding hydrogens is 452 g/mol. The highest BCUT2D eigenvalue weighted by Gasteiger charge is 2.21. The second-order valence-electron chi connectivity index (χ2n) is 8.13. The lowest BCUT2D eigenvalue weighted by molar-refractivity contribution is 0.0599. The molecule has 1 amide bonds. The molecule has 3 aromatic rings. The topological polar surface area (TPSA) is 92.8 Å². The van der Waals surface area contributed by atoms with E-state index in [1.807, 2.05) is 32.0 Å². The Labute approximate surface area is 200 Å². The molecule has 0 saturated heterocycles.